The van der Waals surface area contributed by atoms with E-state index in [9.17, 15) is 9.59 Å². The Kier molecular flexibility index (Phi) is 4.67. The van der Waals surface area contributed by atoms with Gasteiger partial charge in [-0.2, -0.15) is 0 Å². The van der Waals surface area contributed by atoms with Crippen LogP contribution in [0.2, 0.25) is 5.02 Å². The van der Waals surface area contributed by atoms with Crippen molar-refractivity contribution >= 4 is 23.5 Å². The van der Waals surface area contributed by atoms with Gasteiger partial charge in [-0.1, -0.05) is 11.6 Å². The van der Waals surface area contributed by atoms with Crippen LogP contribution in [-0.4, -0.2) is 64.1 Å². The number of rotatable bonds is 3. The largest absolute Gasteiger partial charge is 0.480 e. The first kappa shape index (κ1) is 14.9. The molecule has 0 atom stereocenters. The molecule has 0 radical (unpaired) electrons. The molecule has 1 fully saturated rings. The monoisotopic (exact) mass is 299 g/mol. The predicted octanol–water partition coefficient (Wildman–Crippen LogP) is 0.911. The molecular formula is C13H18ClN3O3. The van der Waals surface area contributed by atoms with Gasteiger partial charge >= 0.3 is 5.97 Å². The number of amides is 1. The third-order valence-electron chi connectivity index (χ3n) is 3.43. The Bertz CT molecular complexity index is 515. The van der Waals surface area contributed by atoms with E-state index in [1.54, 1.807) is 28.8 Å². The van der Waals surface area contributed by atoms with E-state index in [0.29, 0.717) is 36.9 Å². The molecule has 2 rings (SSSR count). The summed E-state index contributed by atoms with van der Waals surface area (Å²) in [5.41, 5.74) is 0.557. The molecule has 0 bridgehead atoms. The Morgan fingerprint density at radius 3 is 2.65 bits per heavy atom. The van der Waals surface area contributed by atoms with Crippen LogP contribution in [0, 0.1) is 0 Å². The van der Waals surface area contributed by atoms with Gasteiger partial charge in [-0.25, -0.2) is 0 Å². The highest BCUT2D eigenvalue weighted by Crippen LogP contribution is 2.15. The highest BCUT2D eigenvalue weighted by Gasteiger charge is 2.23. The number of aliphatic carboxylic acids is 1. The van der Waals surface area contributed by atoms with Crippen LogP contribution >= 0.6 is 11.6 Å². The summed E-state index contributed by atoms with van der Waals surface area (Å²) in [7, 11) is 1.79. The molecule has 0 aromatic carbocycles. The molecule has 2 heterocycles. The Labute approximate surface area is 122 Å². The quantitative estimate of drug-likeness (QED) is 0.901. The maximum Gasteiger partial charge on any atom is 0.317 e. The van der Waals surface area contributed by atoms with Crippen molar-refractivity contribution < 1.29 is 14.7 Å². The molecule has 1 aromatic heterocycles. The normalized spacial score (nSPS) is 17.0. The van der Waals surface area contributed by atoms with Gasteiger partial charge in [0.2, 0.25) is 0 Å². The summed E-state index contributed by atoms with van der Waals surface area (Å²) in [4.78, 5) is 26.8. The van der Waals surface area contributed by atoms with Gasteiger partial charge < -0.3 is 14.6 Å². The standard InChI is InChI=1S/C13H18ClN3O3/c1-15-8-10(14)7-11(15)13(20)17-4-2-3-16(5-6-17)9-12(18)19/h7-8H,2-6,9H2,1H3,(H,18,19). The Hall–Kier alpha value is -1.53. The van der Waals surface area contributed by atoms with Crippen LogP contribution in [0.5, 0.6) is 0 Å². The number of carboxylic acids is 1. The van der Waals surface area contributed by atoms with Crippen LogP contribution in [-0.2, 0) is 11.8 Å². The lowest BCUT2D eigenvalue weighted by Gasteiger charge is -2.21. The number of carboxylic acid groups (broad SMARTS) is 1. The maximum absolute atomic E-state index is 12.4. The first-order valence-electron chi connectivity index (χ1n) is 6.52. The maximum atomic E-state index is 12.4. The van der Waals surface area contributed by atoms with Crippen molar-refractivity contribution in [3.05, 3.63) is 23.0 Å². The van der Waals surface area contributed by atoms with Gasteiger partial charge in [0.15, 0.2) is 0 Å². The lowest BCUT2D eigenvalue weighted by atomic mass is 10.3. The minimum Gasteiger partial charge on any atom is -0.480 e. The zero-order valence-corrected chi connectivity index (χ0v) is 12.1. The van der Waals surface area contributed by atoms with Gasteiger partial charge in [0, 0.05) is 39.4 Å². The molecular weight excluding hydrogens is 282 g/mol. The lowest BCUT2D eigenvalue weighted by Crippen LogP contribution is -2.37. The van der Waals surface area contributed by atoms with E-state index in [2.05, 4.69) is 0 Å². The van der Waals surface area contributed by atoms with Crippen molar-refractivity contribution in [2.24, 2.45) is 7.05 Å². The topological polar surface area (TPSA) is 65.8 Å². The second-order valence-corrected chi connectivity index (χ2v) is 5.41. The fraction of sp³-hybridized carbons (Fsp3) is 0.538. The number of hydrogen-bond donors (Lipinski definition) is 1. The van der Waals surface area contributed by atoms with Gasteiger partial charge in [0.1, 0.15) is 5.69 Å². The number of carbonyl (C=O) groups is 2. The molecule has 6 nitrogen and oxygen atoms in total. The number of hydrogen-bond acceptors (Lipinski definition) is 3. The molecule has 0 unspecified atom stereocenters. The minimum atomic E-state index is -0.834. The smallest absolute Gasteiger partial charge is 0.317 e. The fourth-order valence-electron chi connectivity index (χ4n) is 2.42. The minimum absolute atomic E-state index is 0.0258. The van der Waals surface area contributed by atoms with Crippen LogP contribution in [0.4, 0.5) is 0 Å². The summed E-state index contributed by atoms with van der Waals surface area (Å²) >= 11 is 5.90. The number of aryl methyl sites for hydroxylation is 1. The number of aromatic nitrogens is 1. The van der Waals surface area contributed by atoms with Gasteiger partial charge in [-0.3, -0.25) is 14.5 Å². The molecule has 0 aliphatic carbocycles. The van der Waals surface area contributed by atoms with Crippen molar-refractivity contribution in [1.29, 1.82) is 0 Å². The predicted molar refractivity (Wildman–Crippen MR) is 75.0 cm³/mol. The number of carbonyl (C=O) groups excluding carboxylic acids is 1. The van der Waals surface area contributed by atoms with E-state index in [-0.39, 0.29) is 12.5 Å². The van der Waals surface area contributed by atoms with Crippen molar-refractivity contribution in [2.75, 3.05) is 32.7 Å². The van der Waals surface area contributed by atoms with E-state index in [1.165, 1.54) is 0 Å². The molecule has 1 aliphatic heterocycles. The molecule has 0 saturated carbocycles. The molecule has 0 spiro atoms. The van der Waals surface area contributed by atoms with Gasteiger partial charge in [0.05, 0.1) is 11.6 Å². The zero-order valence-electron chi connectivity index (χ0n) is 11.4. The molecule has 1 aliphatic rings. The van der Waals surface area contributed by atoms with Crippen LogP contribution in [0.3, 0.4) is 0 Å². The summed E-state index contributed by atoms with van der Waals surface area (Å²) in [6.07, 6.45) is 2.47. The molecule has 1 saturated heterocycles. The van der Waals surface area contributed by atoms with Crippen LogP contribution in [0.1, 0.15) is 16.9 Å². The lowest BCUT2D eigenvalue weighted by molar-refractivity contribution is -0.138. The van der Waals surface area contributed by atoms with Crippen molar-refractivity contribution in [1.82, 2.24) is 14.4 Å². The summed E-state index contributed by atoms with van der Waals surface area (Å²) in [5.74, 6) is -0.893. The van der Waals surface area contributed by atoms with Crippen molar-refractivity contribution in [3.8, 4) is 0 Å². The van der Waals surface area contributed by atoms with E-state index in [4.69, 9.17) is 16.7 Å². The summed E-state index contributed by atoms with van der Waals surface area (Å²) in [6, 6.07) is 1.66. The van der Waals surface area contributed by atoms with Gasteiger partial charge in [-0.05, 0) is 12.5 Å². The SMILES string of the molecule is Cn1cc(Cl)cc1C(=O)N1CCCN(CC(=O)O)CC1. The Morgan fingerprint density at radius 1 is 1.30 bits per heavy atom. The van der Waals surface area contributed by atoms with E-state index < -0.39 is 5.97 Å². The highest BCUT2D eigenvalue weighted by molar-refractivity contribution is 6.31. The van der Waals surface area contributed by atoms with Gasteiger partial charge in [-0.15, -0.1) is 0 Å². The molecule has 110 valence electrons. The molecule has 1 N–H and O–H groups in total. The van der Waals surface area contributed by atoms with E-state index >= 15 is 0 Å². The Balaban J connectivity index is 2.01. The average molecular weight is 300 g/mol. The molecule has 1 amide bonds. The zero-order chi connectivity index (χ0) is 14.7. The van der Waals surface area contributed by atoms with Crippen molar-refractivity contribution in [2.45, 2.75) is 6.42 Å². The Morgan fingerprint density at radius 2 is 2.05 bits per heavy atom. The van der Waals surface area contributed by atoms with Gasteiger partial charge in [0.25, 0.3) is 5.91 Å². The first-order valence-corrected chi connectivity index (χ1v) is 6.90. The van der Waals surface area contributed by atoms with E-state index in [1.807, 2.05) is 4.90 Å². The molecule has 7 heteroatoms. The van der Waals surface area contributed by atoms with Crippen LogP contribution in [0.15, 0.2) is 12.3 Å². The average Bonchev–Trinajstić information content (AvgIpc) is 2.58. The second kappa shape index (κ2) is 6.28. The summed E-state index contributed by atoms with van der Waals surface area (Å²) in [5, 5.41) is 9.35. The summed E-state index contributed by atoms with van der Waals surface area (Å²) in [6.45, 7) is 2.48. The molecule has 1 aromatic rings. The third kappa shape index (κ3) is 3.52. The summed E-state index contributed by atoms with van der Waals surface area (Å²) < 4.78 is 1.71. The third-order valence-corrected chi connectivity index (χ3v) is 3.63. The number of nitrogens with zero attached hydrogens (tertiary/aromatic N) is 3. The van der Waals surface area contributed by atoms with Crippen LogP contribution < -0.4 is 0 Å². The highest BCUT2D eigenvalue weighted by atomic mass is 35.5. The van der Waals surface area contributed by atoms with E-state index in [0.717, 1.165) is 6.42 Å². The molecule has 20 heavy (non-hydrogen) atoms. The first-order chi connectivity index (χ1) is 9.47. The fourth-order valence-corrected chi connectivity index (χ4v) is 2.67. The second-order valence-electron chi connectivity index (χ2n) is 4.97. The van der Waals surface area contributed by atoms with Crippen molar-refractivity contribution in [3.63, 3.8) is 0 Å². The van der Waals surface area contributed by atoms with Crippen LogP contribution in [0.25, 0.3) is 0 Å². The number of halogens is 1.